The van der Waals surface area contributed by atoms with E-state index < -0.39 is 6.09 Å². The average molecular weight is 478 g/mol. The second kappa shape index (κ2) is 15.4. The summed E-state index contributed by atoms with van der Waals surface area (Å²) in [5, 5.41) is 2.75. The molecule has 0 spiro atoms. The molecule has 1 amide bonds. The van der Waals surface area contributed by atoms with Crippen LogP contribution in [0.3, 0.4) is 0 Å². The normalized spacial score (nSPS) is 12.3. The van der Waals surface area contributed by atoms with Crippen LogP contribution in [0.25, 0.3) is 11.1 Å². The van der Waals surface area contributed by atoms with Gasteiger partial charge in [0.2, 0.25) is 0 Å². The number of hydrogen-bond acceptors (Lipinski definition) is 3. The van der Waals surface area contributed by atoms with Gasteiger partial charge in [0.05, 0.1) is 0 Å². The average Bonchev–Trinajstić information content (AvgIpc) is 3.20. The predicted molar refractivity (Wildman–Crippen MR) is 144 cm³/mol. The molecule has 1 N–H and O–H groups in total. The van der Waals surface area contributed by atoms with Crippen LogP contribution in [-0.2, 0) is 9.53 Å². The third-order valence-corrected chi connectivity index (χ3v) is 7.08. The second-order valence-corrected chi connectivity index (χ2v) is 9.83. The first-order valence-corrected chi connectivity index (χ1v) is 13.8. The molecule has 35 heavy (non-hydrogen) atoms. The minimum Gasteiger partial charge on any atom is -0.449 e. The van der Waals surface area contributed by atoms with E-state index in [9.17, 15) is 9.59 Å². The minimum atomic E-state index is -0.450. The van der Waals surface area contributed by atoms with Crippen LogP contribution in [0.2, 0.25) is 0 Å². The maximum Gasteiger partial charge on any atom is 0.407 e. The summed E-state index contributed by atoms with van der Waals surface area (Å²) >= 11 is 0. The second-order valence-electron chi connectivity index (χ2n) is 9.83. The van der Waals surface area contributed by atoms with Gasteiger partial charge in [-0.25, -0.2) is 4.79 Å². The van der Waals surface area contributed by atoms with Crippen molar-refractivity contribution < 1.29 is 14.3 Å². The summed E-state index contributed by atoms with van der Waals surface area (Å²) in [7, 11) is 0. The third kappa shape index (κ3) is 8.83. The predicted octanol–water partition coefficient (Wildman–Crippen LogP) is 8.19. The van der Waals surface area contributed by atoms with Crippen LogP contribution in [0.1, 0.15) is 107 Å². The Morgan fingerprint density at radius 1 is 0.714 bits per heavy atom. The highest BCUT2D eigenvalue weighted by molar-refractivity contribution is 5.80. The number of alkyl carbamates (subject to hydrolysis) is 1. The van der Waals surface area contributed by atoms with Crippen molar-refractivity contribution in [2.75, 3.05) is 13.2 Å². The van der Waals surface area contributed by atoms with Crippen LogP contribution in [0.5, 0.6) is 0 Å². The molecule has 3 rings (SSSR count). The standard InChI is InChI=1S/C31H43NO3/c1-2-3-4-5-6-7-8-9-10-11-12-17-25(33)22-23-32-31(34)35-24-30-28-20-15-13-18-26(28)27-19-14-16-21-29(27)30/h13-16,18-21,30H,2-12,17,22-24H2,1H3,(H,32,34). The van der Waals surface area contributed by atoms with Crippen LogP contribution < -0.4 is 5.32 Å². The number of unbranched alkanes of at least 4 members (excludes halogenated alkanes) is 10. The SMILES string of the molecule is CCCCCCCCCCCCCC(=O)CCNC(=O)OCC1c2ccccc2-c2ccccc21. The van der Waals surface area contributed by atoms with Crippen molar-refractivity contribution in [3.8, 4) is 11.1 Å². The molecule has 2 aromatic rings. The summed E-state index contributed by atoms with van der Waals surface area (Å²) in [5.41, 5.74) is 4.82. The number of benzene rings is 2. The van der Waals surface area contributed by atoms with E-state index in [0.29, 0.717) is 26.0 Å². The summed E-state index contributed by atoms with van der Waals surface area (Å²) in [5.74, 6) is 0.274. The van der Waals surface area contributed by atoms with Crippen molar-refractivity contribution in [3.05, 3.63) is 59.7 Å². The zero-order valence-electron chi connectivity index (χ0n) is 21.5. The van der Waals surface area contributed by atoms with Gasteiger partial charge in [-0.2, -0.15) is 0 Å². The summed E-state index contributed by atoms with van der Waals surface area (Å²) in [4.78, 5) is 24.4. The van der Waals surface area contributed by atoms with Gasteiger partial charge in [-0.1, -0.05) is 120 Å². The molecule has 0 heterocycles. The van der Waals surface area contributed by atoms with Gasteiger partial charge < -0.3 is 10.1 Å². The highest BCUT2D eigenvalue weighted by atomic mass is 16.5. The Morgan fingerprint density at radius 3 is 1.80 bits per heavy atom. The van der Waals surface area contributed by atoms with Crippen LogP contribution in [0.15, 0.2) is 48.5 Å². The highest BCUT2D eigenvalue weighted by Gasteiger charge is 2.28. The molecule has 190 valence electrons. The van der Waals surface area contributed by atoms with Crippen LogP contribution in [-0.4, -0.2) is 25.0 Å². The number of carbonyl (C=O) groups excluding carboxylic acids is 2. The Hall–Kier alpha value is -2.62. The van der Waals surface area contributed by atoms with Gasteiger partial charge in [0, 0.05) is 25.3 Å². The van der Waals surface area contributed by atoms with Crippen molar-refractivity contribution >= 4 is 11.9 Å². The molecular formula is C31H43NO3. The molecule has 0 aromatic heterocycles. The Kier molecular flexibility index (Phi) is 11.9. The third-order valence-electron chi connectivity index (χ3n) is 7.08. The molecule has 1 aliphatic rings. The molecule has 0 radical (unpaired) electrons. The first-order valence-electron chi connectivity index (χ1n) is 13.8. The maximum atomic E-state index is 12.2. The van der Waals surface area contributed by atoms with Crippen LogP contribution in [0, 0.1) is 0 Å². The summed E-state index contributed by atoms with van der Waals surface area (Å²) < 4.78 is 5.53. The monoisotopic (exact) mass is 477 g/mol. The fourth-order valence-corrected chi connectivity index (χ4v) is 5.06. The van der Waals surface area contributed by atoms with E-state index in [4.69, 9.17) is 4.74 Å². The number of amides is 1. The largest absolute Gasteiger partial charge is 0.449 e. The molecule has 0 fully saturated rings. The first kappa shape index (κ1) is 27.0. The summed E-state index contributed by atoms with van der Waals surface area (Å²) in [6.07, 6.45) is 14.6. The molecule has 0 aliphatic heterocycles. The minimum absolute atomic E-state index is 0.0517. The van der Waals surface area contributed by atoms with E-state index in [1.54, 1.807) is 0 Å². The Balaban J connectivity index is 1.22. The number of nitrogens with one attached hydrogen (secondary N) is 1. The van der Waals surface area contributed by atoms with Gasteiger partial charge in [-0.15, -0.1) is 0 Å². The van der Waals surface area contributed by atoms with Crippen molar-refractivity contribution in [1.82, 2.24) is 5.32 Å². The number of ether oxygens (including phenoxy) is 1. The van der Waals surface area contributed by atoms with Gasteiger partial charge in [0.25, 0.3) is 0 Å². The number of fused-ring (bicyclic) bond motifs is 3. The summed E-state index contributed by atoms with van der Waals surface area (Å²) in [6, 6.07) is 16.6. The zero-order chi connectivity index (χ0) is 24.7. The first-order chi connectivity index (χ1) is 17.2. The Labute approximate surface area is 211 Å². The van der Waals surface area contributed by atoms with E-state index in [0.717, 1.165) is 12.8 Å². The number of ketones is 1. The lowest BCUT2D eigenvalue weighted by Gasteiger charge is -2.14. The van der Waals surface area contributed by atoms with Gasteiger partial charge in [0.1, 0.15) is 12.4 Å². The lowest BCUT2D eigenvalue weighted by atomic mass is 9.98. The van der Waals surface area contributed by atoms with Crippen LogP contribution >= 0.6 is 0 Å². The van der Waals surface area contributed by atoms with E-state index in [1.807, 2.05) is 24.3 Å². The van der Waals surface area contributed by atoms with E-state index in [1.165, 1.54) is 80.0 Å². The maximum absolute atomic E-state index is 12.2. The van der Waals surface area contributed by atoms with Crippen molar-refractivity contribution in [2.24, 2.45) is 0 Å². The van der Waals surface area contributed by atoms with Gasteiger partial charge in [-0.05, 0) is 28.7 Å². The number of carbonyl (C=O) groups is 2. The molecule has 4 nitrogen and oxygen atoms in total. The summed E-state index contributed by atoms with van der Waals surface area (Å²) in [6.45, 7) is 2.89. The highest BCUT2D eigenvalue weighted by Crippen LogP contribution is 2.44. The fourth-order valence-electron chi connectivity index (χ4n) is 5.06. The van der Waals surface area contributed by atoms with Gasteiger partial charge >= 0.3 is 6.09 Å². The number of Topliss-reactive ketones (excluding diaryl/α,β-unsaturated/α-hetero) is 1. The molecular weight excluding hydrogens is 434 g/mol. The Bertz CT molecular complexity index is 877. The fraction of sp³-hybridized carbons (Fsp3) is 0.548. The van der Waals surface area contributed by atoms with Gasteiger partial charge in [0.15, 0.2) is 0 Å². The van der Waals surface area contributed by atoms with Crippen molar-refractivity contribution in [3.63, 3.8) is 0 Å². The molecule has 0 bridgehead atoms. The molecule has 2 aromatic carbocycles. The van der Waals surface area contributed by atoms with E-state index in [-0.39, 0.29) is 11.7 Å². The van der Waals surface area contributed by atoms with E-state index in [2.05, 4.69) is 36.5 Å². The van der Waals surface area contributed by atoms with Crippen molar-refractivity contribution in [1.29, 1.82) is 0 Å². The molecule has 0 saturated carbocycles. The topological polar surface area (TPSA) is 55.4 Å². The number of rotatable bonds is 17. The molecule has 4 heteroatoms. The number of hydrogen-bond donors (Lipinski definition) is 1. The molecule has 0 atom stereocenters. The zero-order valence-corrected chi connectivity index (χ0v) is 21.5. The lowest BCUT2D eigenvalue weighted by molar-refractivity contribution is -0.119. The lowest BCUT2D eigenvalue weighted by Crippen LogP contribution is -2.28. The van der Waals surface area contributed by atoms with Gasteiger partial charge in [-0.3, -0.25) is 4.79 Å². The smallest absolute Gasteiger partial charge is 0.407 e. The van der Waals surface area contributed by atoms with Crippen molar-refractivity contribution in [2.45, 2.75) is 96.3 Å². The molecule has 0 saturated heterocycles. The quantitative estimate of drug-likeness (QED) is 0.234. The molecule has 1 aliphatic carbocycles. The Morgan fingerprint density at radius 2 is 1.23 bits per heavy atom. The van der Waals surface area contributed by atoms with E-state index >= 15 is 0 Å². The molecule has 0 unspecified atom stereocenters. The van der Waals surface area contributed by atoms with Crippen LogP contribution in [0.4, 0.5) is 4.79 Å².